The number of rotatable bonds is 4. The van der Waals surface area contributed by atoms with E-state index in [1.807, 2.05) is 0 Å². The molecule has 2 atom stereocenters. The van der Waals surface area contributed by atoms with Crippen molar-refractivity contribution >= 4 is 33.0 Å². The van der Waals surface area contributed by atoms with Crippen LogP contribution in [0.15, 0.2) is 18.2 Å². The lowest BCUT2D eigenvalue weighted by Gasteiger charge is -2.18. The predicted octanol–water partition coefficient (Wildman–Crippen LogP) is 1.58. The van der Waals surface area contributed by atoms with Crippen LogP contribution in [-0.2, 0) is 14.6 Å². The molecule has 1 saturated heterocycles. The maximum Gasteiger partial charge on any atom is 0.242 e. The van der Waals surface area contributed by atoms with E-state index in [4.69, 9.17) is 11.6 Å². The van der Waals surface area contributed by atoms with E-state index >= 15 is 0 Å². The molecule has 5 nitrogen and oxygen atoms in total. The van der Waals surface area contributed by atoms with Crippen molar-refractivity contribution in [3.05, 3.63) is 29.0 Å². The lowest BCUT2D eigenvalue weighted by atomic mass is 10.2. The number of anilines is 1. The van der Waals surface area contributed by atoms with E-state index < -0.39 is 21.7 Å². The smallest absolute Gasteiger partial charge is 0.242 e. The van der Waals surface area contributed by atoms with E-state index in [1.165, 1.54) is 18.2 Å². The van der Waals surface area contributed by atoms with Gasteiger partial charge < -0.3 is 10.6 Å². The van der Waals surface area contributed by atoms with E-state index in [-0.39, 0.29) is 28.5 Å². The number of carbonyl (C=O) groups excluding carboxylic acids is 1. The molecule has 0 saturated carbocycles. The minimum Gasteiger partial charge on any atom is -0.374 e. The quantitative estimate of drug-likeness (QED) is 0.876. The van der Waals surface area contributed by atoms with Gasteiger partial charge >= 0.3 is 0 Å². The molecule has 1 aromatic carbocycles. The van der Waals surface area contributed by atoms with Crippen molar-refractivity contribution in [1.29, 1.82) is 0 Å². The minimum atomic E-state index is -3.03. The molecule has 0 unspecified atom stereocenters. The van der Waals surface area contributed by atoms with Gasteiger partial charge in [0.15, 0.2) is 9.84 Å². The highest BCUT2D eigenvalue weighted by Gasteiger charge is 2.29. The summed E-state index contributed by atoms with van der Waals surface area (Å²) < 4.78 is 35.7. The van der Waals surface area contributed by atoms with Gasteiger partial charge in [-0.15, -0.1) is 0 Å². The van der Waals surface area contributed by atoms with Crippen LogP contribution in [0.25, 0.3) is 0 Å². The van der Waals surface area contributed by atoms with Crippen LogP contribution in [0.2, 0.25) is 5.02 Å². The molecule has 1 fully saturated rings. The summed E-state index contributed by atoms with van der Waals surface area (Å²) >= 11 is 5.66. The van der Waals surface area contributed by atoms with Crippen molar-refractivity contribution in [2.75, 3.05) is 16.8 Å². The SMILES string of the molecule is C[C@@H](Nc1ccc(F)c(Cl)c1)C(=O)N[C@H]1CCS(=O)(=O)C1. The van der Waals surface area contributed by atoms with Crippen molar-refractivity contribution in [3.8, 4) is 0 Å². The van der Waals surface area contributed by atoms with Gasteiger partial charge in [0, 0.05) is 11.7 Å². The van der Waals surface area contributed by atoms with E-state index in [0.717, 1.165) is 0 Å². The zero-order valence-corrected chi connectivity index (χ0v) is 13.0. The van der Waals surface area contributed by atoms with E-state index in [2.05, 4.69) is 10.6 Å². The molecule has 116 valence electrons. The van der Waals surface area contributed by atoms with Gasteiger partial charge in [-0.25, -0.2) is 12.8 Å². The number of sulfone groups is 1. The largest absolute Gasteiger partial charge is 0.374 e. The van der Waals surface area contributed by atoms with Crippen LogP contribution >= 0.6 is 11.6 Å². The fourth-order valence-corrected chi connectivity index (χ4v) is 3.99. The van der Waals surface area contributed by atoms with E-state index in [9.17, 15) is 17.6 Å². The molecule has 21 heavy (non-hydrogen) atoms. The average molecular weight is 335 g/mol. The molecule has 0 aromatic heterocycles. The molecule has 8 heteroatoms. The summed E-state index contributed by atoms with van der Waals surface area (Å²) in [6, 6.07) is 3.14. The second-order valence-corrected chi connectivity index (χ2v) is 7.74. The van der Waals surface area contributed by atoms with Gasteiger partial charge in [-0.2, -0.15) is 0 Å². The van der Waals surface area contributed by atoms with E-state index in [1.54, 1.807) is 6.92 Å². The number of nitrogens with one attached hydrogen (secondary N) is 2. The number of benzene rings is 1. The summed E-state index contributed by atoms with van der Waals surface area (Å²) in [5, 5.41) is 5.55. The Kier molecular flexibility index (Phi) is 4.73. The highest BCUT2D eigenvalue weighted by molar-refractivity contribution is 7.91. The third-order valence-electron chi connectivity index (χ3n) is 3.27. The first-order chi connectivity index (χ1) is 9.77. The lowest BCUT2D eigenvalue weighted by molar-refractivity contribution is -0.122. The molecular formula is C13H16ClFN2O3S. The van der Waals surface area contributed by atoms with Crippen molar-refractivity contribution in [2.45, 2.75) is 25.4 Å². The topological polar surface area (TPSA) is 75.3 Å². The monoisotopic (exact) mass is 334 g/mol. The summed E-state index contributed by atoms with van der Waals surface area (Å²) in [7, 11) is -3.03. The maximum atomic E-state index is 13.0. The molecular weight excluding hydrogens is 319 g/mol. The van der Waals surface area contributed by atoms with Crippen LogP contribution < -0.4 is 10.6 Å². The molecule has 0 spiro atoms. The Morgan fingerprint density at radius 1 is 1.48 bits per heavy atom. The lowest BCUT2D eigenvalue weighted by Crippen LogP contribution is -2.43. The summed E-state index contributed by atoms with van der Waals surface area (Å²) in [5.74, 6) is -0.755. The van der Waals surface area contributed by atoms with E-state index in [0.29, 0.717) is 12.1 Å². The highest BCUT2D eigenvalue weighted by Crippen LogP contribution is 2.20. The number of hydrogen-bond donors (Lipinski definition) is 2. The molecule has 2 N–H and O–H groups in total. The Bertz CT molecular complexity index is 651. The fourth-order valence-electron chi connectivity index (χ4n) is 2.14. The van der Waals surface area contributed by atoms with Crippen LogP contribution in [-0.4, -0.2) is 37.9 Å². The Hall–Kier alpha value is -1.34. The first-order valence-corrected chi connectivity index (χ1v) is 8.69. The van der Waals surface area contributed by atoms with Crippen molar-refractivity contribution in [3.63, 3.8) is 0 Å². The molecule has 1 amide bonds. The first kappa shape index (κ1) is 16.0. The Morgan fingerprint density at radius 2 is 2.19 bits per heavy atom. The fraction of sp³-hybridized carbons (Fsp3) is 0.462. The van der Waals surface area contributed by atoms with Crippen molar-refractivity contribution in [1.82, 2.24) is 5.32 Å². The third-order valence-corrected chi connectivity index (χ3v) is 5.33. The van der Waals surface area contributed by atoms with Gasteiger partial charge in [-0.3, -0.25) is 4.79 Å². The number of halogens is 2. The second kappa shape index (κ2) is 6.19. The minimum absolute atomic E-state index is 0.0200. The van der Waals surface area contributed by atoms with Gasteiger partial charge in [0.05, 0.1) is 16.5 Å². The number of carbonyl (C=O) groups is 1. The molecule has 1 aliphatic rings. The molecule has 1 aromatic rings. The predicted molar refractivity (Wildman–Crippen MR) is 79.7 cm³/mol. The maximum absolute atomic E-state index is 13.0. The molecule has 1 heterocycles. The highest BCUT2D eigenvalue weighted by atomic mass is 35.5. The number of hydrogen-bond acceptors (Lipinski definition) is 4. The number of amides is 1. The molecule has 0 bridgehead atoms. The summed E-state index contributed by atoms with van der Waals surface area (Å²) in [4.78, 5) is 12.0. The molecule has 1 aliphatic heterocycles. The normalized spacial score (nSPS) is 21.8. The van der Waals surface area contributed by atoms with Crippen LogP contribution in [0.5, 0.6) is 0 Å². The Morgan fingerprint density at radius 3 is 2.76 bits per heavy atom. The third kappa shape index (κ3) is 4.31. The van der Waals surface area contributed by atoms with Crippen molar-refractivity contribution < 1.29 is 17.6 Å². The summed E-state index contributed by atoms with van der Waals surface area (Å²) in [5.41, 5.74) is 0.517. The van der Waals surface area contributed by atoms with Gasteiger partial charge in [0.2, 0.25) is 5.91 Å². The Balaban J connectivity index is 1.92. The van der Waals surface area contributed by atoms with Crippen molar-refractivity contribution in [2.24, 2.45) is 0 Å². The van der Waals surface area contributed by atoms with Gasteiger partial charge in [0.25, 0.3) is 0 Å². The molecule has 0 aliphatic carbocycles. The zero-order chi connectivity index (χ0) is 15.6. The molecule has 0 radical (unpaired) electrons. The van der Waals surface area contributed by atoms with Crippen LogP contribution in [0.3, 0.4) is 0 Å². The van der Waals surface area contributed by atoms with Gasteiger partial charge in [-0.1, -0.05) is 11.6 Å². The van der Waals surface area contributed by atoms with Crippen LogP contribution in [0.4, 0.5) is 10.1 Å². The Labute approximate surface area is 127 Å². The van der Waals surface area contributed by atoms with Crippen LogP contribution in [0, 0.1) is 5.82 Å². The summed E-state index contributed by atoms with van der Waals surface area (Å²) in [6.07, 6.45) is 0.434. The molecule has 2 rings (SSSR count). The standard InChI is InChI=1S/C13H16ClFN2O3S/c1-8(16-9-2-3-12(15)11(14)6-9)13(18)17-10-4-5-21(19,20)7-10/h2-3,6,8,10,16H,4-5,7H2,1H3,(H,17,18)/t8-,10+/m1/s1. The van der Waals surface area contributed by atoms with Gasteiger partial charge in [-0.05, 0) is 31.5 Å². The van der Waals surface area contributed by atoms with Gasteiger partial charge in [0.1, 0.15) is 11.9 Å². The second-order valence-electron chi connectivity index (χ2n) is 5.10. The average Bonchev–Trinajstić information content (AvgIpc) is 2.73. The van der Waals surface area contributed by atoms with Crippen LogP contribution in [0.1, 0.15) is 13.3 Å². The summed E-state index contributed by atoms with van der Waals surface area (Å²) in [6.45, 7) is 1.63. The first-order valence-electron chi connectivity index (χ1n) is 6.49. The zero-order valence-electron chi connectivity index (χ0n) is 11.4.